The molecule has 2 heterocycles. The third kappa shape index (κ3) is 2.71. The number of imidazole rings is 1. The number of nitrogens with zero attached hydrogens (tertiary/aromatic N) is 1. The number of aromatic nitrogens is 2. The van der Waals surface area contributed by atoms with Gasteiger partial charge in [-0.3, -0.25) is 0 Å². The summed E-state index contributed by atoms with van der Waals surface area (Å²) in [5, 5.41) is 9.75. The predicted molar refractivity (Wildman–Crippen MR) is 81.7 cm³/mol. The molecule has 1 aromatic carbocycles. The van der Waals surface area contributed by atoms with Gasteiger partial charge in [0.15, 0.2) is 5.16 Å². The van der Waals surface area contributed by atoms with E-state index in [1.807, 2.05) is 25.1 Å². The molecule has 3 rings (SSSR count). The number of fused-ring (bicyclic) bond motifs is 1. The lowest BCUT2D eigenvalue weighted by molar-refractivity contribution is 0.0702. The van der Waals surface area contributed by atoms with E-state index < -0.39 is 5.97 Å². The number of hydrogen-bond donors (Lipinski definition) is 2. The van der Waals surface area contributed by atoms with E-state index in [-0.39, 0.29) is 0 Å². The summed E-state index contributed by atoms with van der Waals surface area (Å²) in [7, 11) is 0. The molecule has 0 bridgehead atoms. The molecule has 6 heteroatoms. The molecule has 102 valence electrons. The van der Waals surface area contributed by atoms with Gasteiger partial charge in [0.05, 0.1) is 11.0 Å². The molecule has 0 atom stereocenters. The summed E-state index contributed by atoms with van der Waals surface area (Å²) in [6.07, 6.45) is 0. The van der Waals surface area contributed by atoms with Crippen molar-refractivity contribution in [2.24, 2.45) is 0 Å². The standard InChI is InChI=1S/C14H12N2O2S2/c1-8-2-4-10-11(6-8)16-14(15-10)19-7-9-3-5-12(20-9)13(17)18/h2-6H,7H2,1H3,(H,15,16)(H,17,18). The number of aromatic amines is 1. The van der Waals surface area contributed by atoms with E-state index in [9.17, 15) is 4.79 Å². The first kappa shape index (κ1) is 13.2. The van der Waals surface area contributed by atoms with Crippen molar-refractivity contribution in [3.8, 4) is 0 Å². The minimum Gasteiger partial charge on any atom is -0.477 e. The summed E-state index contributed by atoms with van der Waals surface area (Å²) in [5.41, 5.74) is 3.18. The quantitative estimate of drug-likeness (QED) is 0.717. The Morgan fingerprint density at radius 3 is 3.00 bits per heavy atom. The monoisotopic (exact) mass is 304 g/mol. The van der Waals surface area contributed by atoms with Crippen LogP contribution < -0.4 is 0 Å². The topological polar surface area (TPSA) is 66.0 Å². The van der Waals surface area contributed by atoms with Crippen LogP contribution in [0.4, 0.5) is 0 Å². The molecule has 0 aliphatic rings. The number of thiophene rings is 1. The average Bonchev–Trinajstić information content (AvgIpc) is 3.01. The Bertz CT molecular complexity index is 776. The second kappa shape index (κ2) is 5.30. The lowest BCUT2D eigenvalue weighted by Gasteiger charge is -1.93. The van der Waals surface area contributed by atoms with Crippen molar-refractivity contribution < 1.29 is 9.90 Å². The first-order valence-electron chi connectivity index (χ1n) is 6.03. The number of carbonyl (C=O) groups is 1. The highest BCUT2D eigenvalue weighted by Gasteiger charge is 2.08. The van der Waals surface area contributed by atoms with Gasteiger partial charge in [-0.2, -0.15) is 0 Å². The first-order valence-corrected chi connectivity index (χ1v) is 7.83. The van der Waals surface area contributed by atoms with E-state index in [0.29, 0.717) is 4.88 Å². The maximum atomic E-state index is 10.8. The molecule has 2 aromatic heterocycles. The summed E-state index contributed by atoms with van der Waals surface area (Å²) in [6, 6.07) is 9.60. The highest BCUT2D eigenvalue weighted by Crippen LogP contribution is 2.27. The molecule has 0 saturated carbocycles. The number of thioether (sulfide) groups is 1. The number of hydrogen-bond acceptors (Lipinski definition) is 4. The summed E-state index contributed by atoms with van der Waals surface area (Å²) in [4.78, 5) is 20.0. The number of carboxylic acids is 1. The molecule has 0 radical (unpaired) electrons. The Hall–Kier alpha value is -1.79. The second-order valence-electron chi connectivity index (χ2n) is 4.42. The first-order chi connectivity index (χ1) is 9.61. The SMILES string of the molecule is Cc1ccc2nc(SCc3ccc(C(=O)O)s3)[nH]c2c1. The molecular formula is C14H12N2O2S2. The van der Waals surface area contributed by atoms with Gasteiger partial charge in [0.25, 0.3) is 0 Å². The van der Waals surface area contributed by atoms with Crippen molar-refractivity contribution in [2.45, 2.75) is 17.8 Å². The normalized spacial score (nSPS) is 11.1. The van der Waals surface area contributed by atoms with E-state index in [1.54, 1.807) is 17.8 Å². The van der Waals surface area contributed by atoms with Crippen molar-refractivity contribution in [1.82, 2.24) is 9.97 Å². The van der Waals surface area contributed by atoms with Gasteiger partial charge in [-0.25, -0.2) is 9.78 Å². The highest BCUT2D eigenvalue weighted by atomic mass is 32.2. The molecule has 4 nitrogen and oxygen atoms in total. The number of aryl methyl sites for hydroxylation is 1. The minimum atomic E-state index is -0.870. The zero-order valence-electron chi connectivity index (χ0n) is 10.7. The minimum absolute atomic E-state index is 0.376. The number of rotatable bonds is 4. The zero-order chi connectivity index (χ0) is 14.1. The fourth-order valence-corrected chi connectivity index (χ4v) is 3.65. The van der Waals surface area contributed by atoms with Crippen LogP contribution in [0, 0.1) is 6.92 Å². The van der Waals surface area contributed by atoms with Gasteiger partial charge in [-0.1, -0.05) is 17.8 Å². The Morgan fingerprint density at radius 2 is 2.25 bits per heavy atom. The van der Waals surface area contributed by atoms with E-state index in [1.165, 1.54) is 16.9 Å². The highest BCUT2D eigenvalue weighted by molar-refractivity contribution is 7.98. The summed E-state index contributed by atoms with van der Waals surface area (Å²) in [6.45, 7) is 2.05. The van der Waals surface area contributed by atoms with Crippen LogP contribution in [0.3, 0.4) is 0 Å². The smallest absolute Gasteiger partial charge is 0.345 e. The van der Waals surface area contributed by atoms with Gasteiger partial charge in [0.1, 0.15) is 4.88 Å². The molecule has 0 aliphatic carbocycles. The molecular weight excluding hydrogens is 292 g/mol. The summed E-state index contributed by atoms with van der Waals surface area (Å²) < 4.78 is 0. The average molecular weight is 304 g/mol. The molecule has 0 fully saturated rings. The Balaban J connectivity index is 1.74. The number of aromatic carboxylic acids is 1. The van der Waals surface area contributed by atoms with Crippen molar-refractivity contribution in [1.29, 1.82) is 0 Å². The predicted octanol–water partition coefficient (Wildman–Crippen LogP) is 3.92. The lowest BCUT2D eigenvalue weighted by atomic mass is 10.2. The Kier molecular flexibility index (Phi) is 3.50. The number of benzene rings is 1. The maximum Gasteiger partial charge on any atom is 0.345 e. The third-order valence-corrected chi connectivity index (χ3v) is 5.02. The van der Waals surface area contributed by atoms with E-state index >= 15 is 0 Å². The van der Waals surface area contributed by atoms with Crippen LogP contribution in [-0.4, -0.2) is 21.0 Å². The Morgan fingerprint density at radius 1 is 1.40 bits per heavy atom. The molecule has 0 saturated heterocycles. The lowest BCUT2D eigenvalue weighted by Crippen LogP contribution is -1.89. The molecule has 0 spiro atoms. The molecule has 0 amide bonds. The van der Waals surface area contributed by atoms with Crippen LogP contribution in [0.15, 0.2) is 35.5 Å². The van der Waals surface area contributed by atoms with Gasteiger partial charge in [-0.15, -0.1) is 11.3 Å². The van der Waals surface area contributed by atoms with Gasteiger partial charge in [-0.05, 0) is 36.8 Å². The van der Waals surface area contributed by atoms with Crippen LogP contribution in [0.1, 0.15) is 20.1 Å². The summed E-state index contributed by atoms with van der Waals surface area (Å²) >= 11 is 2.89. The van der Waals surface area contributed by atoms with Gasteiger partial charge in [0, 0.05) is 10.6 Å². The van der Waals surface area contributed by atoms with Crippen LogP contribution in [0.25, 0.3) is 11.0 Å². The van der Waals surface area contributed by atoms with Crippen molar-refractivity contribution in [2.75, 3.05) is 0 Å². The maximum absolute atomic E-state index is 10.8. The van der Waals surface area contributed by atoms with Gasteiger partial charge < -0.3 is 10.1 Å². The molecule has 0 aliphatic heterocycles. The van der Waals surface area contributed by atoms with Crippen LogP contribution in [0.5, 0.6) is 0 Å². The van der Waals surface area contributed by atoms with Crippen molar-refractivity contribution in [3.63, 3.8) is 0 Å². The van der Waals surface area contributed by atoms with Crippen LogP contribution in [0.2, 0.25) is 0 Å². The van der Waals surface area contributed by atoms with E-state index in [0.717, 1.165) is 26.8 Å². The van der Waals surface area contributed by atoms with E-state index in [4.69, 9.17) is 5.11 Å². The number of H-pyrrole nitrogens is 1. The van der Waals surface area contributed by atoms with Crippen molar-refractivity contribution >= 4 is 40.1 Å². The fraction of sp³-hybridized carbons (Fsp3) is 0.143. The number of carboxylic acid groups (broad SMARTS) is 1. The summed E-state index contributed by atoms with van der Waals surface area (Å²) in [5.74, 6) is -0.151. The largest absolute Gasteiger partial charge is 0.477 e. The Labute approximate surface area is 123 Å². The fourth-order valence-electron chi connectivity index (χ4n) is 1.88. The second-order valence-corrected chi connectivity index (χ2v) is 6.55. The number of nitrogens with one attached hydrogen (secondary N) is 1. The van der Waals surface area contributed by atoms with Crippen molar-refractivity contribution in [3.05, 3.63) is 45.6 Å². The molecule has 0 unspecified atom stereocenters. The molecule has 20 heavy (non-hydrogen) atoms. The zero-order valence-corrected chi connectivity index (χ0v) is 12.3. The van der Waals surface area contributed by atoms with Crippen LogP contribution >= 0.6 is 23.1 Å². The molecule has 3 aromatic rings. The third-order valence-electron chi connectivity index (χ3n) is 2.84. The van der Waals surface area contributed by atoms with Gasteiger partial charge in [0.2, 0.25) is 0 Å². The van der Waals surface area contributed by atoms with Gasteiger partial charge >= 0.3 is 5.97 Å². The van der Waals surface area contributed by atoms with Crippen LogP contribution in [-0.2, 0) is 5.75 Å². The molecule has 2 N–H and O–H groups in total. The van der Waals surface area contributed by atoms with E-state index in [2.05, 4.69) is 16.0 Å².